The van der Waals surface area contributed by atoms with E-state index in [9.17, 15) is 9.59 Å². The van der Waals surface area contributed by atoms with E-state index in [0.29, 0.717) is 17.7 Å². The lowest BCUT2D eigenvalue weighted by Gasteiger charge is -1.97. The maximum atomic E-state index is 11.8. The van der Waals surface area contributed by atoms with E-state index in [1.54, 1.807) is 30.5 Å². The van der Waals surface area contributed by atoms with Gasteiger partial charge in [0, 0.05) is 11.9 Å². The molecule has 0 aliphatic rings. The monoisotopic (exact) mass is 214 g/mol. The van der Waals surface area contributed by atoms with Crippen LogP contribution < -0.4 is 0 Å². The molecule has 2 aromatic rings. The predicted molar refractivity (Wildman–Crippen MR) is 58.5 cm³/mol. The smallest absolute Gasteiger partial charge is 0.184 e. The second kappa shape index (κ2) is 4.53. The fourth-order valence-corrected chi connectivity index (χ4v) is 1.41. The molecule has 4 heteroatoms. The first-order valence-electron chi connectivity index (χ1n) is 4.87. The fraction of sp³-hybridized carbons (Fsp3) is 0.0833. The van der Waals surface area contributed by atoms with Gasteiger partial charge in [-0.3, -0.25) is 14.6 Å². The quantitative estimate of drug-likeness (QED) is 0.621. The van der Waals surface area contributed by atoms with Gasteiger partial charge in [-0.15, -0.1) is 0 Å². The first-order valence-corrected chi connectivity index (χ1v) is 4.87. The van der Waals surface area contributed by atoms with E-state index in [-0.39, 0.29) is 12.2 Å². The Hall–Kier alpha value is -2.23. The zero-order valence-electron chi connectivity index (χ0n) is 8.51. The van der Waals surface area contributed by atoms with Gasteiger partial charge in [-0.2, -0.15) is 0 Å². The molecule has 0 atom stereocenters. The summed E-state index contributed by atoms with van der Waals surface area (Å²) in [5, 5.41) is 0. The number of Topliss-reactive ketones (excluding diaryl/α,β-unsaturated/α-hetero) is 1. The van der Waals surface area contributed by atoms with E-state index in [4.69, 9.17) is 0 Å². The Morgan fingerprint density at radius 1 is 1.31 bits per heavy atom. The van der Waals surface area contributed by atoms with Crippen molar-refractivity contribution in [2.45, 2.75) is 6.42 Å². The summed E-state index contributed by atoms with van der Waals surface area (Å²) in [6.45, 7) is 0. The molecule has 0 aliphatic carbocycles. The summed E-state index contributed by atoms with van der Waals surface area (Å²) in [7, 11) is 0. The minimum absolute atomic E-state index is 0.0770. The van der Waals surface area contributed by atoms with Gasteiger partial charge in [-0.05, 0) is 24.3 Å². The molecule has 0 aliphatic heterocycles. The van der Waals surface area contributed by atoms with E-state index in [0.717, 1.165) is 5.69 Å². The number of hydrogen-bond acceptors (Lipinski definition) is 3. The van der Waals surface area contributed by atoms with Crippen molar-refractivity contribution in [2.24, 2.45) is 0 Å². The molecule has 0 saturated heterocycles. The van der Waals surface area contributed by atoms with Crippen LogP contribution >= 0.6 is 0 Å². The Kier molecular flexibility index (Phi) is 2.91. The summed E-state index contributed by atoms with van der Waals surface area (Å²) in [5.74, 6) is -0.0770. The first kappa shape index (κ1) is 10.3. The molecule has 0 unspecified atom stereocenters. The summed E-state index contributed by atoms with van der Waals surface area (Å²) in [6, 6.07) is 8.61. The minimum Gasteiger partial charge on any atom is -0.350 e. The first-order chi connectivity index (χ1) is 7.79. The molecular formula is C12H10N2O2. The highest BCUT2D eigenvalue weighted by atomic mass is 16.1. The van der Waals surface area contributed by atoms with Gasteiger partial charge in [0.2, 0.25) is 0 Å². The van der Waals surface area contributed by atoms with Crippen LogP contribution in [0.2, 0.25) is 0 Å². The number of rotatable bonds is 4. The number of nitrogens with zero attached hydrogens (tertiary/aromatic N) is 1. The minimum atomic E-state index is -0.0770. The number of carbonyl (C=O) groups excluding carboxylic acids is 2. The van der Waals surface area contributed by atoms with Crippen LogP contribution in [0.3, 0.4) is 0 Å². The average Bonchev–Trinajstić information content (AvgIpc) is 2.79. The fourth-order valence-electron chi connectivity index (χ4n) is 1.41. The highest BCUT2D eigenvalue weighted by molar-refractivity contribution is 5.96. The molecule has 0 radical (unpaired) electrons. The van der Waals surface area contributed by atoms with Gasteiger partial charge in [-0.1, -0.05) is 6.07 Å². The Morgan fingerprint density at radius 2 is 2.19 bits per heavy atom. The molecule has 2 heterocycles. The number of pyridine rings is 1. The summed E-state index contributed by atoms with van der Waals surface area (Å²) in [6.07, 6.45) is 2.56. The molecule has 4 nitrogen and oxygen atoms in total. The third-order valence-corrected chi connectivity index (χ3v) is 2.20. The number of aromatic nitrogens is 2. The van der Waals surface area contributed by atoms with Crippen LogP contribution in [0.4, 0.5) is 0 Å². The number of aldehydes is 1. The maximum Gasteiger partial charge on any atom is 0.184 e. The molecule has 0 amide bonds. The lowest BCUT2D eigenvalue weighted by Crippen LogP contribution is -2.05. The van der Waals surface area contributed by atoms with Crippen molar-refractivity contribution in [2.75, 3.05) is 0 Å². The molecule has 16 heavy (non-hydrogen) atoms. The number of H-pyrrole nitrogens is 1. The van der Waals surface area contributed by atoms with Gasteiger partial charge in [0.05, 0.1) is 17.8 Å². The van der Waals surface area contributed by atoms with Crippen LogP contribution in [0.25, 0.3) is 0 Å². The zero-order chi connectivity index (χ0) is 11.4. The zero-order valence-corrected chi connectivity index (χ0v) is 8.51. The normalized spacial score (nSPS) is 10.0. The summed E-state index contributed by atoms with van der Waals surface area (Å²) in [5.41, 5.74) is 1.56. The number of hydrogen-bond donors (Lipinski definition) is 1. The lowest BCUT2D eigenvalue weighted by molar-refractivity contribution is 0.0988. The Morgan fingerprint density at radius 3 is 2.81 bits per heavy atom. The van der Waals surface area contributed by atoms with E-state index in [2.05, 4.69) is 9.97 Å². The Bertz CT molecular complexity index is 503. The van der Waals surface area contributed by atoms with Gasteiger partial charge in [0.1, 0.15) is 0 Å². The van der Waals surface area contributed by atoms with E-state index < -0.39 is 0 Å². The van der Waals surface area contributed by atoms with Crippen molar-refractivity contribution in [1.82, 2.24) is 9.97 Å². The van der Waals surface area contributed by atoms with E-state index >= 15 is 0 Å². The van der Waals surface area contributed by atoms with Crippen molar-refractivity contribution >= 4 is 12.1 Å². The SMILES string of the molecule is O=Cc1ccc(C(=O)Cc2ccccn2)[nH]1. The average molecular weight is 214 g/mol. The van der Waals surface area contributed by atoms with Crippen molar-refractivity contribution in [3.63, 3.8) is 0 Å². The topological polar surface area (TPSA) is 62.8 Å². The van der Waals surface area contributed by atoms with Crippen LogP contribution in [0.5, 0.6) is 0 Å². The molecule has 2 aromatic heterocycles. The van der Waals surface area contributed by atoms with Crippen molar-refractivity contribution in [1.29, 1.82) is 0 Å². The second-order valence-electron chi connectivity index (χ2n) is 3.37. The number of nitrogens with one attached hydrogen (secondary N) is 1. The number of aromatic amines is 1. The van der Waals surface area contributed by atoms with Gasteiger partial charge >= 0.3 is 0 Å². The van der Waals surface area contributed by atoms with Crippen LogP contribution in [0.15, 0.2) is 36.5 Å². The molecule has 0 fully saturated rings. The molecular weight excluding hydrogens is 204 g/mol. The van der Waals surface area contributed by atoms with Crippen molar-refractivity contribution in [3.05, 3.63) is 53.6 Å². The molecule has 1 N–H and O–H groups in total. The van der Waals surface area contributed by atoms with Gasteiger partial charge < -0.3 is 4.98 Å². The number of carbonyl (C=O) groups is 2. The lowest BCUT2D eigenvalue weighted by atomic mass is 10.1. The standard InChI is InChI=1S/C12H10N2O2/c15-8-10-4-5-11(14-10)12(16)7-9-3-1-2-6-13-9/h1-6,8,14H,7H2. The molecule has 0 spiro atoms. The van der Waals surface area contributed by atoms with Gasteiger partial charge in [0.15, 0.2) is 12.1 Å². The highest BCUT2D eigenvalue weighted by Crippen LogP contribution is 2.05. The largest absolute Gasteiger partial charge is 0.350 e. The van der Waals surface area contributed by atoms with Crippen LogP contribution in [-0.4, -0.2) is 22.0 Å². The Balaban J connectivity index is 2.11. The third-order valence-electron chi connectivity index (χ3n) is 2.20. The predicted octanol–water partition coefficient (Wildman–Crippen LogP) is 1.65. The third kappa shape index (κ3) is 2.23. The second-order valence-corrected chi connectivity index (χ2v) is 3.37. The van der Waals surface area contributed by atoms with Crippen LogP contribution in [-0.2, 0) is 6.42 Å². The van der Waals surface area contributed by atoms with Crippen molar-refractivity contribution in [3.8, 4) is 0 Å². The van der Waals surface area contributed by atoms with Crippen molar-refractivity contribution < 1.29 is 9.59 Å². The van der Waals surface area contributed by atoms with E-state index in [1.807, 2.05) is 6.07 Å². The molecule has 0 bridgehead atoms. The molecule has 80 valence electrons. The molecule has 0 saturated carbocycles. The van der Waals surface area contributed by atoms with E-state index in [1.165, 1.54) is 0 Å². The summed E-state index contributed by atoms with van der Waals surface area (Å²) >= 11 is 0. The maximum absolute atomic E-state index is 11.8. The highest BCUT2D eigenvalue weighted by Gasteiger charge is 2.09. The number of ketones is 1. The van der Waals surface area contributed by atoms with Gasteiger partial charge in [0.25, 0.3) is 0 Å². The molecule has 2 rings (SSSR count). The van der Waals surface area contributed by atoms with Crippen LogP contribution in [0.1, 0.15) is 26.7 Å². The summed E-state index contributed by atoms with van der Waals surface area (Å²) < 4.78 is 0. The summed E-state index contributed by atoms with van der Waals surface area (Å²) in [4.78, 5) is 29.0. The molecule has 0 aromatic carbocycles. The van der Waals surface area contributed by atoms with Crippen LogP contribution in [0, 0.1) is 0 Å². The Labute approximate surface area is 92.3 Å². The van der Waals surface area contributed by atoms with Gasteiger partial charge in [-0.25, -0.2) is 0 Å².